The number of hydrogen-bond acceptors (Lipinski definition) is 6. The molecule has 0 bridgehead atoms. The molecule has 3 rings (SSSR count). The van der Waals surface area contributed by atoms with Gasteiger partial charge in [-0.3, -0.25) is 9.69 Å². The van der Waals surface area contributed by atoms with Crippen molar-refractivity contribution in [3.63, 3.8) is 0 Å². The van der Waals surface area contributed by atoms with Crippen LogP contribution in [0, 0.1) is 12.7 Å². The van der Waals surface area contributed by atoms with Gasteiger partial charge in [-0.2, -0.15) is 0 Å². The van der Waals surface area contributed by atoms with E-state index in [9.17, 15) is 17.6 Å². The number of nitrogens with zero attached hydrogens (tertiary/aromatic N) is 3. The fourth-order valence-electron chi connectivity index (χ4n) is 2.92. The highest BCUT2D eigenvalue weighted by Crippen LogP contribution is 2.29. The first kappa shape index (κ1) is 19.9. The van der Waals surface area contributed by atoms with E-state index in [0.29, 0.717) is 48.3 Å². The standard InChI is InChI=1S/C18H22FN3O3S2/c1-13-16(26-17(20-13)14-3-5-15(19)6-4-14)18(23)22-9-7-21(8-10-22)11-12-27(2,24)25/h3-6H,7-12H2,1-2H3. The predicted octanol–water partition coefficient (Wildman–Crippen LogP) is 2.06. The van der Waals surface area contributed by atoms with E-state index in [2.05, 4.69) is 9.88 Å². The van der Waals surface area contributed by atoms with E-state index in [1.807, 2.05) is 0 Å². The SMILES string of the molecule is Cc1nc(-c2ccc(F)cc2)sc1C(=O)N1CCN(CCS(C)(=O)=O)CC1. The smallest absolute Gasteiger partial charge is 0.265 e. The topological polar surface area (TPSA) is 70.6 Å². The predicted molar refractivity (Wildman–Crippen MR) is 104 cm³/mol. The van der Waals surface area contributed by atoms with Crippen molar-refractivity contribution in [1.82, 2.24) is 14.8 Å². The van der Waals surface area contributed by atoms with E-state index in [-0.39, 0.29) is 17.5 Å². The minimum atomic E-state index is -2.98. The molecule has 1 aromatic carbocycles. The third-order valence-corrected chi connectivity index (χ3v) is 6.64. The van der Waals surface area contributed by atoms with E-state index < -0.39 is 9.84 Å². The van der Waals surface area contributed by atoms with Crippen molar-refractivity contribution in [1.29, 1.82) is 0 Å². The first-order valence-corrected chi connectivity index (χ1v) is 11.5. The summed E-state index contributed by atoms with van der Waals surface area (Å²) in [6.07, 6.45) is 1.23. The molecule has 146 valence electrons. The van der Waals surface area contributed by atoms with Gasteiger partial charge >= 0.3 is 0 Å². The lowest BCUT2D eigenvalue weighted by Crippen LogP contribution is -2.49. The van der Waals surface area contributed by atoms with Gasteiger partial charge in [-0.25, -0.2) is 17.8 Å². The lowest BCUT2D eigenvalue weighted by molar-refractivity contribution is 0.0648. The lowest BCUT2D eigenvalue weighted by atomic mass is 10.2. The van der Waals surface area contributed by atoms with Gasteiger partial charge in [-0.05, 0) is 31.2 Å². The van der Waals surface area contributed by atoms with Crippen LogP contribution in [0.1, 0.15) is 15.4 Å². The van der Waals surface area contributed by atoms with Crippen LogP contribution in [0.3, 0.4) is 0 Å². The van der Waals surface area contributed by atoms with Crippen molar-refractivity contribution >= 4 is 27.1 Å². The summed E-state index contributed by atoms with van der Waals surface area (Å²) in [5, 5.41) is 0.697. The molecular weight excluding hydrogens is 389 g/mol. The zero-order valence-electron chi connectivity index (χ0n) is 15.3. The van der Waals surface area contributed by atoms with Crippen molar-refractivity contribution in [3.05, 3.63) is 40.7 Å². The summed E-state index contributed by atoms with van der Waals surface area (Å²) in [6, 6.07) is 6.07. The summed E-state index contributed by atoms with van der Waals surface area (Å²) in [7, 11) is -2.98. The number of carbonyl (C=O) groups excluding carboxylic acids is 1. The molecule has 0 saturated carbocycles. The lowest BCUT2D eigenvalue weighted by Gasteiger charge is -2.34. The molecule has 0 unspecified atom stereocenters. The van der Waals surface area contributed by atoms with Crippen LogP contribution in [0.5, 0.6) is 0 Å². The van der Waals surface area contributed by atoms with Crippen molar-refractivity contribution < 1.29 is 17.6 Å². The summed E-state index contributed by atoms with van der Waals surface area (Å²) < 4.78 is 35.7. The Balaban J connectivity index is 1.64. The average Bonchev–Trinajstić information content (AvgIpc) is 3.01. The number of carbonyl (C=O) groups is 1. The second kappa shape index (κ2) is 8.04. The molecule has 0 aliphatic carbocycles. The molecule has 9 heteroatoms. The highest BCUT2D eigenvalue weighted by atomic mass is 32.2. The molecule has 6 nitrogen and oxygen atoms in total. The number of rotatable bonds is 5. The van der Waals surface area contributed by atoms with Crippen LogP contribution in [0.4, 0.5) is 4.39 Å². The second-order valence-corrected chi connectivity index (χ2v) is 9.96. The first-order chi connectivity index (χ1) is 12.7. The second-order valence-electron chi connectivity index (χ2n) is 6.70. The Morgan fingerprint density at radius 1 is 1.19 bits per heavy atom. The monoisotopic (exact) mass is 411 g/mol. The minimum Gasteiger partial charge on any atom is -0.335 e. The Kier molecular flexibility index (Phi) is 5.92. The first-order valence-electron chi connectivity index (χ1n) is 8.65. The fraction of sp³-hybridized carbons (Fsp3) is 0.444. The number of halogens is 1. The van der Waals surface area contributed by atoms with Gasteiger partial charge in [0.1, 0.15) is 25.5 Å². The van der Waals surface area contributed by atoms with Crippen LogP contribution in [0.15, 0.2) is 24.3 Å². The van der Waals surface area contributed by atoms with E-state index in [0.717, 1.165) is 5.56 Å². The molecule has 0 atom stereocenters. The number of sulfone groups is 1. The van der Waals surface area contributed by atoms with Crippen molar-refractivity contribution in [3.8, 4) is 10.6 Å². The number of thiazole rings is 1. The van der Waals surface area contributed by atoms with E-state index in [4.69, 9.17) is 0 Å². The zero-order valence-corrected chi connectivity index (χ0v) is 16.9. The molecule has 1 saturated heterocycles. The molecule has 0 N–H and O–H groups in total. The van der Waals surface area contributed by atoms with Gasteiger partial charge < -0.3 is 4.90 Å². The summed E-state index contributed by atoms with van der Waals surface area (Å²) in [5.74, 6) is -0.228. The Morgan fingerprint density at radius 3 is 2.41 bits per heavy atom. The fourth-order valence-corrected chi connectivity index (χ4v) is 4.55. The summed E-state index contributed by atoms with van der Waals surface area (Å²) in [6.45, 7) is 4.74. The normalized spacial score (nSPS) is 15.9. The van der Waals surface area contributed by atoms with Gasteiger partial charge in [0, 0.05) is 44.5 Å². The van der Waals surface area contributed by atoms with Crippen LogP contribution < -0.4 is 0 Å². The third-order valence-electron chi connectivity index (χ3n) is 4.52. The molecule has 1 aromatic heterocycles. The van der Waals surface area contributed by atoms with Crippen LogP contribution in [-0.4, -0.2) is 73.8 Å². The van der Waals surface area contributed by atoms with Crippen LogP contribution in [-0.2, 0) is 9.84 Å². The maximum atomic E-state index is 13.1. The maximum Gasteiger partial charge on any atom is 0.265 e. The average molecular weight is 412 g/mol. The zero-order chi connectivity index (χ0) is 19.6. The molecule has 1 aliphatic heterocycles. The molecule has 1 fully saturated rings. The van der Waals surface area contributed by atoms with Crippen molar-refractivity contribution in [2.45, 2.75) is 6.92 Å². The molecule has 0 radical (unpaired) electrons. The molecule has 1 amide bonds. The number of piperazine rings is 1. The highest BCUT2D eigenvalue weighted by Gasteiger charge is 2.26. The Bertz CT molecular complexity index is 918. The number of aromatic nitrogens is 1. The summed E-state index contributed by atoms with van der Waals surface area (Å²) in [4.78, 5) is 21.8. The largest absolute Gasteiger partial charge is 0.335 e. The van der Waals surface area contributed by atoms with Gasteiger partial charge in [0.2, 0.25) is 0 Å². The third kappa shape index (κ3) is 5.12. The number of benzene rings is 1. The van der Waals surface area contributed by atoms with Gasteiger partial charge in [-0.15, -0.1) is 11.3 Å². The molecule has 1 aliphatic rings. The van der Waals surface area contributed by atoms with Crippen LogP contribution in [0.2, 0.25) is 0 Å². The molecular formula is C18H22FN3O3S2. The van der Waals surface area contributed by atoms with Gasteiger partial charge in [-0.1, -0.05) is 0 Å². The summed E-state index contributed by atoms with van der Waals surface area (Å²) in [5.41, 5.74) is 1.46. The van der Waals surface area contributed by atoms with E-state index >= 15 is 0 Å². The number of aryl methyl sites for hydroxylation is 1. The summed E-state index contributed by atoms with van der Waals surface area (Å²) >= 11 is 1.32. The van der Waals surface area contributed by atoms with Crippen molar-refractivity contribution in [2.24, 2.45) is 0 Å². The van der Waals surface area contributed by atoms with Gasteiger partial charge in [0.25, 0.3) is 5.91 Å². The van der Waals surface area contributed by atoms with E-state index in [1.165, 1.54) is 29.7 Å². The van der Waals surface area contributed by atoms with Gasteiger partial charge in [0.05, 0.1) is 11.4 Å². The molecule has 2 heterocycles. The van der Waals surface area contributed by atoms with E-state index in [1.54, 1.807) is 24.0 Å². The Morgan fingerprint density at radius 2 is 1.81 bits per heavy atom. The minimum absolute atomic E-state index is 0.0545. The molecule has 0 spiro atoms. The van der Waals surface area contributed by atoms with Gasteiger partial charge in [0.15, 0.2) is 0 Å². The van der Waals surface area contributed by atoms with Crippen LogP contribution in [0.25, 0.3) is 10.6 Å². The molecule has 2 aromatic rings. The highest BCUT2D eigenvalue weighted by molar-refractivity contribution is 7.90. The van der Waals surface area contributed by atoms with Crippen molar-refractivity contribution in [2.75, 3.05) is 44.7 Å². The number of hydrogen-bond donors (Lipinski definition) is 0. The number of amides is 1. The maximum absolute atomic E-state index is 13.1. The molecule has 27 heavy (non-hydrogen) atoms. The quantitative estimate of drug-likeness (QED) is 0.753. The van der Waals surface area contributed by atoms with Crippen LogP contribution >= 0.6 is 11.3 Å². The Labute approximate surface area is 162 Å². The Hall–Kier alpha value is -1.84.